The van der Waals surface area contributed by atoms with Gasteiger partial charge in [-0.1, -0.05) is 30.3 Å². The Bertz CT molecular complexity index is 404. The van der Waals surface area contributed by atoms with E-state index in [9.17, 15) is 9.90 Å². The molecule has 1 aliphatic heterocycles. The van der Waals surface area contributed by atoms with Gasteiger partial charge < -0.3 is 5.11 Å². The van der Waals surface area contributed by atoms with Gasteiger partial charge in [-0.2, -0.15) is 0 Å². The van der Waals surface area contributed by atoms with E-state index in [1.54, 1.807) is 0 Å². The molecule has 0 spiro atoms. The molecular weight excluding hydrogens is 238 g/mol. The lowest BCUT2D eigenvalue weighted by atomic mass is 9.93. The number of nitrogens with zero attached hydrogens (tertiary/aromatic N) is 1. The number of benzene rings is 1. The Morgan fingerprint density at radius 1 is 1.32 bits per heavy atom. The molecule has 0 radical (unpaired) electrons. The first-order valence-electron chi connectivity index (χ1n) is 7.14. The van der Waals surface area contributed by atoms with E-state index in [1.807, 2.05) is 30.3 Å². The van der Waals surface area contributed by atoms with Crippen LogP contribution in [0.15, 0.2) is 30.3 Å². The van der Waals surface area contributed by atoms with Crippen molar-refractivity contribution < 1.29 is 9.90 Å². The highest BCUT2D eigenvalue weighted by atomic mass is 16.3. The van der Waals surface area contributed by atoms with Crippen molar-refractivity contribution in [3.8, 4) is 0 Å². The number of likely N-dealkylation sites (tertiary alicyclic amines) is 1. The molecule has 0 aromatic heterocycles. The van der Waals surface area contributed by atoms with Crippen LogP contribution >= 0.6 is 0 Å². The van der Waals surface area contributed by atoms with E-state index in [-0.39, 0.29) is 12.4 Å². The number of aliphatic hydroxyl groups excluding tert-OH is 1. The molecule has 0 aliphatic carbocycles. The third-order valence-corrected chi connectivity index (χ3v) is 4.09. The summed E-state index contributed by atoms with van der Waals surface area (Å²) in [5.74, 6) is 0.585. The van der Waals surface area contributed by atoms with Crippen LogP contribution in [0.3, 0.4) is 0 Å². The number of hydrogen-bond acceptors (Lipinski definition) is 3. The van der Waals surface area contributed by atoms with E-state index in [0.717, 1.165) is 31.5 Å². The minimum absolute atomic E-state index is 0.207. The zero-order chi connectivity index (χ0) is 13.7. The topological polar surface area (TPSA) is 40.5 Å². The number of Topliss-reactive ketones (excluding diaryl/α,β-unsaturated/α-hetero) is 1. The van der Waals surface area contributed by atoms with Gasteiger partial charge in [0.25, 0.3) is 0 Å². The molecule has 1 aromatic carbocycles. The van der Waals surface area contributed by atoms with Gasteiger partial charge in [-0.3, -0.25) is 9.69 Å². The molecule has 3 nitrogen and oxygen atoms in total. The quantitative estimate of drug-likeness (QED) is 0.827. The lowest BCUT2D eigenvalue weighted by Gasteiger charge is -2.37. The second-order valence-electron chi connectivity index (χ2n) is 5.51. The number of piperidine rings is 1. The molecule has 0 bridgehead atoms. The average molecular weight is 261 g/mol. The molecule has 0 amide bonds. The van der Waals surface area contributed by atoms with E-state index in [0.29, 0.717) is 18.4 Å². The maximum Gasteiger partial charge on any atom is 0.164 e. The normalized spacial score (nSPS) is 24.3. The van der Waals surface area contributed by atoms with Crippen LogP contribution in [0.5, 0.6) is 0 Å². The summed E-state index contributed by atoms with van der Waals surface area (Å²) in [6.07, 6.45) is 2.78. The van der Waals surface area contributed by atoms with Gasteiger partial charge in [0.1, 0.15) is 0 Å². The first-order valence-corrected chi connectivity index (χ1v) is 7.14. The summed E-state index contributed by atoms with van der Waals surface area (Å²) in [6, 6.07) is 10.00. The Morgan fingerprint density at radius 3 is 2.74 bits per heavy atom. The number of carbonyl (C=O) groups is 1. The molecule has 1 N–H and O–H groups in total. The van der Waals surface area contributed by atoms with Crippen molar-refractivity contribution in [1.29, 1.82) is 0 Å². The SMILES string of the molecule is CC1CCC(CO)CN1CCC(=O)c1ccccc1. The van der Waals surface area contributed by atoms with Crippen molar-refractivity contribution in [1.82, 2.24) is 4.90 Å². The van der Waals surface area contributed by atoms with Crippen molar-refractivity contribution in [2.75, 3.05) is 19.7 Å². The van der Waals surface area contributed by atoms with Gasteiger partial charge in [0, 0.05) is 37.7 Å². The van der Waals surface area contributed by atoms with Gasteiger partial charge in [0.05, 0.1) is 0 Å². The summed E-state index contributed by atoms with van der Waals surface area (Å²) in [4.78, 5) is 14.4. The largest absolute Gasteiger partial charge is 0.396 e. The van der Waals surface area contributed by atoms with Crippen molar-refractivity contribution in [3.05, 3.63) is 35.9 Å². The Balaban J connectivity index is 1.85. The monoisotopic (exact) mass is 261 g/mol. The van der Waals surface area contributed by atoms with E-state index in [2.05, 4.69) is 11.8 Å². The highest BCUT2D eigenvalue weighted by Gasteiger charge is 2.25. The van der Waals surface area contributed by atoms with Crippen molar-refractivity contribution in [2.24, 2.45) is 5.92 Å². The third-order valence-electron chi connectivity index (χ3n) is 4.09. The number of hydrogen-bond donors (Lipinski definition) is 1. The Labute approximate surface area is 115 Å². The molecule has 2 atom stereocenters. The van der Waals surface area contributed by atoms with Crippen molar-refractivity contribution in [2.45, 2.75) is 32.2 Å². The van der Waals surface area contributed by atoms with E-state index in [4.69, 9.17) is 0 Å². The summed E-state index contributed by atoms with van der Waals surface area (Å²) in [5, 5.41) is 9.26. The second-order valence-corrected chi connectivity index (χ2v) is 5.51. The zero-order valence-electron chi connectivity index (χ0n) is 11.6. The Morgan fingerprint density at radius 2 is 2.05 bits per heavy atom. The molecule has 2 unspecified atom stereocenters. The molecule has 3 heteroatoms. The van der Waals surface area contributed by atoms with Gasteiger partial charge in [-0.25, -0.2) is 0 Å². The van der Waals surface area contributed by atoms with Gasteiger partial charge in [-0.05, 0) is 25.7 Å². The van der Waals surface area contributed by atoms with Crippen LogP contribution in [0.2, 0.25) is 0 Å². The van der Waals surface area contributed by atoms with Crippen molar-refractivity contribution >= 4 is 5.78 Å². The van der Waals surface area contributed by atoms with Crippen LogP contribution in [-0.2, 0) is 0 Å². The maximum absolute atomic E-state index is 12.1. The number of carbonyl (C=O) groups excluding carboxylic acids is 1. The molecule has 1 heterocycles. The van der Waals surface area contributed by atoms with E-state index >= 15 is 0 Å². The van der Waals surface area contributed by atoms with E-state index in [1.165, 1.54) is 0 Å². The van der Waals surface area contributed by atoms with Gasteiger partial charge in [0.2, 0.25) is 0 Å². The predicted molar refractivity (Wildman–Crippen MR) is 76.2 cm³/mol. The summed E-state index contributed by atoms with van der Waals surface area (Å²) in [5.41, 5.74) is 0.797. The Kier molecular flexibility index (Phi) is 5.11. The standard InChI is InChI=1S/C16H23NO2/c1-13-7-8-14(12-18)11-17(13)10-9-16(19)15-5-3-2-4-6-15/h2-6,13-14,18H,7-12H2,1H3. The molecule has 1 saturated heterocycles. The second kappa shape index (κ2) is 6.83. The van der Waals surface area contributed by atoms with E-state index < -0.39 is 0 Å². The first kappa shape index (κ1) is 14.2. The highest BCUT2D eigenvalue weighted by molar-refractivity contribution is 5.96. The molecule has 0 saturated carbocycles. The number of ketones is 1. The van der Waals surface area contributed by atoms with Crippen molar-refractivity contribution in [3.63, 3.8) is 0 Å². The smallest absolute Gasteiger partial charge is 0.164 e. The molecule has 2 rings (SSSR count). The summed E-state index contributed by atoms with van der Waals surface area (Å²) in [7, 11) is 0. The summed E-state index contributed by atoms with van der Waals surface area (Å²) in [6.45, 7) is 4.18. The predicted octanol–water partition coefficient (Wildman–Crippen LogP) is 2.35. The number of rotatable bonds is 5. The number of aliphatic hydroxyl groups is 1. The first-order chi connectivity index (χ1) is 9.20. The fourth-order valence-corrected chi connectivity index (χ4v) is 2.74. The third kappa shape index (κ3) is 3.88. The minimum Gasteiger partial charge on any atom is -0.396 e. The lowest BCUT2D eigenvalue weighted by Crippen LogP contribution is -2.43. The summed E-state index contributed by atoms with van der Waals surface area (Å²) >= 11 is 0. The van der Waals surface area contributed by atoms with Crippen LogP contribution in [0.1, 0.15) is 36.5 Å². The summed E-state index contributed by atoms with van der Waals surface area (Å²) < 4.78 is 0. The molecule has 1 fully saturated rings. The Hall–Kier alpha value is -1.19. The lowest BCUT2D eigenvalue weighted by molar-refractivity contribution is 0.0754. The van der Waals surface area contributed by atoms with Crippen LogP contribution in [-0.4, -0.2) is 41.5 Å². The van der Waals surface area contributed by atoms with Gasteiger partial charge in [-0.15, -0.1) is 0 Å². The maximum atomic E-state index is 12.1. The van der Waals surface area contributed by atoms with Gasteiger partial charge >= 0.3 is 0 Å². The molecule has 1 aliphatic rings. The molecular formula is C16H23NO2. The highest BCUT2D eigenvalue weighted by Crippen LogP contribution is 2.21. The minimum atomic E-state index is 0.207. The zero-order valence-corrected chi connectivity index (χ0v) is 11.6. The molecule has 1 aromatic rings. The van der Waals surface area contributed by atoms with Crippen LogP contribution in [0, 0.1) is 5.92 Å². The molecule has 19 heavy (non-hydrogen) atoms. The molecule has 104 valence electrons. The average Bonchev–Trinajstić information content (AvgIpc) is 2.47. The van der Waals surface area contributed by atoms with Crippen LogP contribution < -0.4 is 0 Å². The van der Waals surface area contributed by atoms with Crippen LogP contribution in [0.25, 0.3) is 0 Å². The fourth-order valence-electron chi connectivity index (χ4n) is 2.74. The fraction of sp³-hybridized carbons (Fsp3) is 0.562. The van der Waals surface area contributed by atoms with Gasteiger partial charge in [0.15, 0.2) is 5.78 Å². The van der Waals surface area contributed by atoms with Crippen LogP contribution in [0.4, 0.5) is 0 Å².